The fourth-order valence-corrected chi connectivity index (χ4v) is 2.54. The van der Waals surface area contributed by atoms with Crippen LogP contribution in [0.3, 0.4) is 0 Å². The Labute approximate surface area is 156 Å². The summed E-state index contributed by atoms with van der Waals surface area (Å²) in [4.78, 5) is 59.0. The van der Waals surface area contributed by atoms with E-state index in [0.29, 0.717) is 10.7 Å². The molecular formula is C16H12N4O8. The quantitative estimate of drug-likeness (QED) is 0.324. The Morgan fingerprint density at radius 2 is 2.07 bits per heavy atom. The van der Waals surface area contributed by atoms with Gasteiger partial charge in [0.15, 0.2) is 12.4 Å². The predicted molar refractivity (Wildman–Crippen MR) is 89.3 cm³/mol. The zero-order chi connectivity index (χ0) is 20.4. The fourth-order valence-electron chi connectivity index (χ4n) is 2.54. The molecule has 2 aromatic rings. The second kappa shape index (κ2) is 7.26. The molecule has 1 aliphatic heterocycles. The van der Waals surface area contributed by atoms with E-state index in [4.69, 9.17) is 9.26 Å². The van der Waals surface area contributed by atoms with Crippen LogP contribution in [0, 0.1) is 17.0 Å². The molecule has 0 fully saturated rings. The van der Waals surface area contributed by atoms with Gasteiger partial charge in [-0.25, -0.2) is 0 Å². The van der Waals surface area contributed by atoms with Crippen LogP contribution in [0.15, 0.2) is 28.8 Å². The van der Waals surface area contributed by atoms with E-state index in [2.05, 4.69) is 10.5 Å². The third kappa shape index (κ3) is 3.56. The summed E-state index contributed by atoms with van der Waals surface area (Å²) < 4.78 is 9.49. The maximum atomic E-state index is 12.3. The molecule has 3 amide bonds. The number of benzene rings is 1. The molecule has 0 spiro atoms. The van der Waals surface area contributed by atoms with Crippen LogP contribution < -0.4 is 5.32 Å². The maximum absolute atomic E-state index is 12.3. The molecule has 1 aromatic carbocycles. The predicted octanol–water partition coefficient (Wildman–Crippen LogP) is 0.669. The lowest BCUT2D eigenvalue weighted by Crippen LogP contribution is -2.36. The highest BCUT2D eigenvalue weighted by atomic mass is 16.6. The van der Waals surface area contributed by atoms with E-state index in [1.54, 1.807) is 6.92 Å². The highest BCUT2D eigenvalue weighted by Gasteiger charge is 2.41. The first-order chi connectivity index (χ1) is 13.3. The lowest BCUT2D eigenvalue weighted by molar-refractivity contribution is -0.385. The number of nitro benzene ring substituents is 1. The molecular weight excluding hydrogens is 376 g/mol. The van der Waals surface area contributed by atoms with Crippen molar-refractivity contribution < 1.29 is 33.4 Å². The van der Waals surface area contributed by atoms with Gasteiger partial charge < -0.3 is 14.6 Å². The molecule has 0 saturated carbocycles. The smallest absolute Gasteiger partial charge is 0.326 e. The van der Waals surface area contributed by atoms with Crippen LogP contribution in [0.4, 0.5) is 11.5 Å². The Kier molecular flexibility index (Phi) is 4.85. The number of ether oxygens (including phenoxy) is 1. The minimum atomic E-state index is -1.04. The molecule has 12 heteroatoms. The number of fused-ring (bicyclic) bond motifs is 1. The van der Waals surface area contributed by atoms with Gasteiger partial charge in [-0.15, -0.1) is 0 Å². The Bertz CT molecular complexity index is 1010. The number of amides is 3. The van der Waals surface area contributed by atoms with Gasteiger partial charge in [0.25, 0.3) is 23.4 Å². The number of carbonyl (C=O) groups excluding carboxylic acids is 4. The van der Waals surface area contributed by atoms with Crippen molar-refractivity contribution in [3.8, 4) is 0 Å². The lowest BCUT2D eigenvalue weighted by atomic mass is 10.1. The first kappa shape index (κ1) is 18.7. The van der Waals surface area contributed by atoms with E-state index in [1.165, 1.54) is 18.2 Å². The SMILES string of the molecule is Cc1cc(NC(=O)COC(=O)CN2C(=O)c3cccc([N+](=O)[O-])c3C2=O)no1. The number of rotatable bonds is 6. The van der Waals surface area contributed by atoms with E-state index in [-0.39, 0.29) is 16.9 Å². The number of nitrogens with zero attached hydrogens (tertiary/aromatic N) is 3. The average molecular weight is 388 g/mol. The van der Waals surface area contributed by atoms with Gasteiger partial charge in [-0.1, -0.05) is 11.2 Å². The number of aromatic nitrogens is 1. The average Bonchev–Trinajstić information content (AvgIpc) is 3.16. The molecule has 0 saturated heterocycles. The second-order valence-electron chi connectivity index (χ2n) is 5.68. The number of hydrogen-bond donors (Lipinski definition) is 1. The van der Waals surface area contributed by atoms with Crippen molar-refractivity contribution in [3.05, 3.63) is 51.3 Å². The largest absolute Gasteiger partial charge is 0.454 e. The minimum Gasteiger partial charge on any atom is -0.454 e. The summed E-state index contributed by atoms with van der Waals surface area (Å²) in [5.74, 6) is -2.99. The van der Waals surface area contributed by atoms with Gasteiger partial charge in [-0.05, 0) is 13.0 Å². The molecule has 1 N–H and O–H groups in total. The zero-order valence-electron chi connectivity index (χ0n) is 14.3. The molecule has 1 aromatic heterocycles. The minimum absolute atomic E-state index is 0.131. The van der Waals surface area contributed by atoms with E-state index >= 15 is 0 Å². The molecule has 28 heavy (non-hydrogen) atoms. The maximum Gasteiger partial charge on any atom is 0.326 e. The van der Waals surface area contributed by atoms with Crippen LogP contribution in [-0.2, 0) is 14.3 Å². The fraction of sp³-hybridized carbons (Fsp3) is 0.188. The van der Waals surface area contributed by atoms with E-state index in [9.17, 15) is 29.3 Å². The Morgan fingerprint density at radius 3 is 2.71 bits per heavy atom. The summed E-state index contributed by atoms with van der Waals surface area (Å²) in [7, 11) is 0. The summed E-state index contributed by atoms with van der Waals surface area (Å²) >= 11 is 0. The van der Waals surface area contributed by atoms with Gasteiger partial charge >= 0.3 is 5.97 Å². The summed E-state index contributed by atoms with van der Waals surface area (Å²) in [5.41, 5.74) is -1.09. The van der Waals surface area contributed by atoms with Gasteiger partial charge in [0.2, 0.25) is 0 Å². The Morgan fingerprint density at radius 1 is 1.32 bits per heavy atom. The summed E-state index contributed by atoms with van der Waals surface area (Å²) in [6, 6.07) is 5.05. The van der Waals surface area contributed by atoms with E-state index in [0.717, 1.165) is 6.07 Å². The van der Waals surface area contributed by atoms with Crippen LogP contribution in [0.2, 0.25) is 0 Å². The summed E-state index contributed by atoms with van der Waals surface area (Å²) in [6.07, 6.45) is 0. The van der Waals surface area contributed by atoms with Crippen molar-refractivity contribution in [1.29, 1.82) is 0 Å². The monoisotopic (exact) mass is 388 g/mol. The van der Waals surface area contributed by atoms with Crippen LogP contribution >= 0.6 is 0 Å². The Hall–Kier alpha value is -4.09. The molecule has 2 heterocycles. The molecule has 1 aliphatic rings. The number of aryl methyl sites for hydroxylation is 1. The van der Waals surface area contributed by atoms with E-state index in [1.807, 2.05) is 0 Å². The first-order valence-electron chi connectivity index (χ1n) is 7.80. The van der Waals surface area contributed by atoms with Crippen LogP contribution in [0.25, 0.3) is 0 Å². The topological polar surface area (TPSA) is 162 Å². The highest BCUT2D eigenvalue weighted by molar-refractivity contribution is 6.24. The number of carbonyl (C=O) groups is 4. The highest BCUT2D eigenvalue weighted by Crippen LogP contribution is 2.30. The normalized spacial score (nSPS) is 12.7. The van der Waals surface area contributed by atoms with Crippen molar-refractivity contribution in [2.24, 2.45) is 0 Å². The Balaban J connectivity index is 1.61. The summed E-state index contributed by atoms with van der Waals surface area (Å²) in [6.45, 7) is 0.142. The second-order valence-corrected chi connectivity index (χ2v) is 5.68. The number of imide groups is 1. The first-order valence-corrected chi connectivity index (χ1v) is 7.80. The van der Waals surface area contributed by atoms with Gasteiger partial charge in [-0.2, -0.15) is 0 Å². The van der Waals surface area contributed by atoms with Gasteiger partial charge in [0.05, 0.1) is 10.5 Å². The zero-order valence-corrected chi connectivity index (χ0v) is 14.3. The van der Waals surface area contributed by atoms with Crippen LogP contribution in [0.1, 0.15) is 26.5 Å². The molecule has 0 aliphatic carbocycles. The van der Waals surface area contributed by atoms with Crippen molar-refractivity contribution in [3.63, 3.8) is 0 Å². The van der Waals surface area contributed by atoms with Gasteiger partial charge in [0, 0.05) is 12.1 Å². The number of anilines is 1. The molecule has 3 rings (SSSR count). The van der Waals surface area contributed by atoms with E-state index < -0.39 is 47.5 Å². The van der Waals surface area contributed by atoms with Crippen LogP contribution in [-0.4, -0.2) is 51.8 Å². The standard InChI is InChI=1S/C16H12N4O8/c1-8-5-11(18-28-8)17-12(21)7-27-13(22)6-19-15(23)9-3-2-4-10(20(25)26)14(9)16(19)24/h2-5H,6-7H2,1H3,(H,17,18,21). The number of esters is 1. The number of hydrogen-bond acceptors (Lipinski definition) is 9. The summed E-state index contributed by atoms with van der Waals surface area (Å²) in [5, 5.41) is 16.9. The molecule has 12 nitrogen and oxygen atoms in total. The lowest BCUT2D eigenvalue weighted by Gasteiger charge is -2.12. The van der Waals surface area contributed by atoms with Crippen molar-refractivity contribution >= 4 is 35.2 Å². The molecule has 144 valence electrons. The number of nitro groups is 1. The van der Waals surface area contributed by atoms with Gasteiger partial charge in [-0.3, -0.25) is 34.2 Å². The third-order valence-electron chi connectivity index (χ3n) is 3.72. The van der Waals surface area contributed by atoms with Crippen molar-refractivity contribution in [2.45, 2.75) is 6.92 Å². The molecule has 0 radical (unpaired) electrons. The van der Waals surface area contributed by atoms with Gasteiger partial charge in [0.1, 0.15) is 17.9 Å². The molecule has 0 atom stereocenters. The number of nitrogens with one attached hydrogen (secondary N) is 1. The molecule has 0 bridgehead atoms. The third-order valence-corrected chi connectivity index (χ3v) is 3.72. The molecule has 0 unspecified atom stereocenters. The van der Waals surface area contributed by atoms with Crippen LogP contribution in [0.5, 0.6) is 0 Å². The van der Waals surface area contributed by atoms with Crippen molar-refractivity contribution in [1.82, 2.24) is 10.1 Å². The van der Waals surface area contributed by atoms with Crippen molar-refractivity contribution in [2.75, 3.05) is 18.5 Å².